The summed E-state index contributed by atoms with van der Waals surface area (Å²) in [4.78, 5) is 6.67. The molecule has 1 aliphatic heterocycles. The first-order chi connectivity index (χ1) is 8.02. The van der Waals surface area contributed by atoms with Gasteiger partial charge in [-0.25, -0.2) is 4.98 Å². The van der Waals surface area contributed by atoms with Gasteiger partial charge in [-0.15, -0.1) is 0 Å². The van der Waals surface area contributed by atoms with Crippen molar-refractivity contribution in [3.8, 4) is 0 Å². The molecule has 3 nitrogen and oxygen atoms in total. The van der Waals surface area contributed by atoms with Gasteiger partial charge in [0.2, 0.25) is 0 Å². The van der Waals surface area contributed by atoms with Crippen molar-refractivity contribution in [1.82, 2.24) is 4.98 Å². The highest BCUT2D eigenvalue weighted by Crippen LogP contribution is 2.32. The van der Waals surface area contributed by atoms with Crippen LogP contribution in [0.15, 0.2) is 12.1 Å². The number of anilines is 1. The predicted octanol–water partition coefficient (Wildman–Crippen LogP) is 2.85. The largest absolute Gasteiger partial charge is 0.390 e. The SMILES string of the molecule is CC1(C)CCN(c2ccc(Cl)c(CO)n2)CC1. The summed E-state index contributed by atoms with van der Waals surface area (Å²) >= 11 is 5.94. The molecular formula is C13H19ClN2O. The zero-order valence-corrected chi connectivity index (χ0v) is 11.2. The number of halogens is 1. The summed E-state index contributed by atoms with van der Waals surface area (Å²) in [5.41, 5.74) is 0.997. The summed E-state index contributed by atoms with van der Waals surface area (Å²) in [5, 5.41) is 9.69. The van der Waals surface area contributed by atoms with E-state index in [-0.39, 0.29) is 6.61 Å². The van der Waals surface area contributed by atoms with E-state index >= 15 is 0 Å². The Kier molecular flexibility index (Phi) is 3.59. The predicted molar refractivity (Wildman–Crippen MR) is 70.4 cm³/mol. The van der Waals surface area contributed by atoms with Gasteiger partial charge in [-0.1, -0.05) is 25.4 Å². The maximum Gasteiger partial charge on any atom is 0.129 e. The van der Waals surface area contributed by atoms with Gasteiger partial charge in [0.15, 0.2) is 0 Å². The highest BCUT2D eigenvalue weighted by atomic mass is 35.5. The lowest BCUT2D eigenvalue weighted by atomic mass is 9.83. The smallest absolute Gasteiger partial charge is 0.129 e. The Morgan fingerprint density at radius 1 is 1.35 bits per heavy atom. The number of pyridine rings is 1. The van der Waals surface area contributed by atoms with Crippen LogP contribution in [0.3, 0.4) is 0 Å². The van der Waals surface area contributed by atoms with Crippen LogP contribution in [0, 0.1) is 5.41 Å². The van der Waals surface area contributed by atoms with E-state index in [0.29, 0.717) is 16.1 Å². The Morgan fingerprint density at radius 3 is 2.59 bits per heavy atom. The van der Waals surface area contributed by atoms with Gasteiger partial charge in [0.05, 0.1) is 17.3 Å². The summed E-state index contributed by atoms with van der Waals surface area (Å²) < 4.78 is 0. The molecule has 94 valence electrons. The average Bonchev–Trinajstić information content (AvgIpc) is 2.30. The lowest BCUT2D eigenvalue weighted by Gasteiger charge is -2.37. The van der Waals surface area contributed by atoms with Crippen LogP contribution in [0.25, 0.3) is 0 Å². The second-order valence-corrected chi connectivity index (χ2v) is 5.81. The number of aliphatic hydroxyl groups is 1. The third-order valence-electron chi connectivity index (χ3n) is 3.49. The minimum atomic E-state index is -0.105. The molecule has 4 heteroatoms. The Hall–Kier alpha value is -0.800. The van der Waals surface area contributed by atoms with Crippen molar-refractivity contribution in [2.24, 2.45) is 5.41 Å². The van der Waals surface area contributed by atoms with Crippen molar-refractivity contribution in [1.29, 1.82) is 0 Å². The highest BCUT2D eigenvalue weighted by Gasteiger charge is 2.26. The highest BCUT2D eigenvalue weighted by molar-refractivity contribution is 6.31. The molecule has 0 radical (unpaired) electrons. The molecule has 1 saturated heterocycles. The fourth-order valence-electron chi connectivity index (χ4n) is 2.10. The van der Waals surface area contributed by atoms with Crippen molar-refractivity contribution < 1.29 is 5.11 Å². The van der Waals surface area contributed by atoms with Crippen molar-refractivity contribution in [3.63, 3.8) is 0 Å². The number of hydrogen-bond acceptors (Lipinski definition) is 3. The number of aliphatic hydroxyl groups excluding tert-OH is 1. The molecule has 0 aromatic carbocycles. The van der Waals surface area contributed by atoms with Gasteiger partial charge in [0, 0.05) is 13.1 Å². The quantitative estimate of drug-likeness (QED) is 0.882. The van der Waals surface area contributed by atoms with Gasteiger partial charge in [-0.2, -0.15) is 0 Å². The fraction of sp³-hybridized carbons (Fsp3) is 0.615. The minimum Gasteiger partial charge on any atom is -0.390 e. The van der Waals surface area contributed by atoms with E-state index in [1.165, 1.54) is 12.8 Å². The fourth-order valence-corrected chi connectivity index (χ4v) is 2.27. The summed E-state index contributed by atoms with van der Waals surface area (Å²) in [6.45, 7) is 6.54. The topological polar surface area (TPSA) is 36.4 Å². The first-order valence-electron chi connectivity index (χ1n) is 6.03. The molecule has 0 unspecified atom stereocenters. The third kappa shape index (κ3) is 2.90. The Balaban J connectivity index is 2.13. The van der Waals surface area contributed by atoms with Gasteiger partial charge in [0.1, 0.15) is 5.82 Å². The van der Waals surface area contributed by atoms with Crippen LogP contribution >= 0.6 is 11.6 Å². The minimum absolute atomic E-state index is 0.105. The molecule has 1 aromatic rings. The van der Waals surface area contributed by atoms with E-state index in [1.54, 1.807) is 0 Å². The van der Waals surface area contributed by atoms with Crippen LogP contribution in [0.5, 0.6) is 0 Å². The molecule has 1 N–H and O–H groups in total. The molecule has 0 saturated carbocycles. The number of nitrogens with zero attached hydrogens (tertiary/aromatic N) is 2. The van der Waals surface area contributed by atoms with Crippen LogP contribution in [0.2, 0.25) is 5.02 Å². The standard InChI is InChI=1S/C13H19ClN2O/c1-13(2)5-7-16(8-6-13)12-4-3-10(14)11(9-17)15-12/h3-4,17H,5-9H2,1-2H3. The van der Waals surface area contributed by atoms with Gasteiger partial charge >= 0.3 is 0 Å². The maximum absolute atomic E-state index is 9.16. The van der Waals surface area contributed by atoms with Gasteiger partial charge < -0.3 is 10.0 Å². The van der Waals surface area contributed by atoms with E-state index in [9.17, 15) is 0 Å². The van der Waals surface area contributed by atoms with E-state index < -0.39 is 0 Å². The molecule has 17 heavy (non-hydrogen) atoms. The van der Waals surface area contributed by atoms with Crippen LogP contribution in [-0.2, 0) is 6.61 Å². The van der Waals surface area contributed by atoms with Crippen molar-refractivity contribution in [2.45, 2.75) is 33.3 Å². The average molecular weight is 255 g/mol. The van der Waals surface area contributed by atoms with Crippen LogP contribution in [0.4, 0.5) is 5.82 Å². The van der Waals surface area contributed by atoms with Crippen molar-refractivity contribution >= 4 is 17.4 Å². The Morgan fingerprint density at radius 2 is 2.00 bits per heavy atom. The number of piperidine rings is 1. The molecule has 2 heterocycles. The monoisotopic (exact) mass is 254 g/mol. The normalized spacial score (nSPS) is 19.4. The lowest BCUT2D eigenvalue weighted by molar-refractivity contribution is 0.273. The van der Waals surface area contributed by atoms with E-state index in [0.717, 1.165) is 18.9 Å². The van der Waals surface area contributed by atoms with E-state index in [1.807, 2.05) is 12.1 Å². The summed E-state index contributed by atoms with van der Waals surface area (Å²) in [7, 11) is 0. The summed E-state index contributed by atoms with van der Waals surface area (Å²) in [6.07, 6.45) is 2.34. The van der Waals surface area contributed by atoms with Gasteiger partial charge in [-0.3, -0.25) is 0 Å². The number of aromatic nitrogens is 1. The molecule has 0 bridgehead atoms. The van der Waals surface area contributed by atoms with Crippen LogP contribution in [0.1, 0.15) is 32.4 Å². The molecule has 0 amide bonds. The molecule has 0 atom stereocenters. The Labute approximate surface area is 107 Å². The van der Waals surface area contributed by atoms with Gasteiger partial charge in [0.25, 0.3) is 0 Å². The van der Waals surface area contributed by atoms with Gasteiger partial charge in [-0.05, 0) is 30.4 Å². The molecule has 1 fully saturated rings. The van der Waals surface area contributed by atoms with E-state index in [4.69, 9.17) is 16.7 Å². The van der Waals surface area contributed by atoms with Crippen LogP contribution < -0.4 is 4.90 Å². The molecule has 2 rings (SSSR count). The third-order valence-corrected chi connectivity index (χ3v) is 3.84. The maximum atomic E-state index is 9.16. The van der Waals surface area contributed by atoms with Crippen LogP contribution in [-0.4, -0.2) is 23.2 Å². The zero-order valence-electron chi connectivity index (χ0n) is 10.4. The molecule has 0 spiro atoms. The van der Waals surface area contributed by atoms with Crippen molar-refractivity contribution in [2.75, 3.05) is 18.0 Å². The summed E-state index contributed by atoms with van der Waals surface area (Å²) in [5.74, 6) is 0.925. The first kappa shape index (κ1) is 12.7. The second-order valence-electron chi connectivity index (χ2n) is 5.41. The summed E-state index contributed by atoms with van der Waals surface area (Å²) in [6, 6.07) is 3.75. The Bertz CT molecular complexity index is 396. The molecular weight excluding hydrogens is 236 g/mol. The number of hydrogen-bond donors (Lipinski definition) is 1. The number of rotatable bonds is 2. The molecule has 0 aliphatic carbocycles. The molecule has 1 aromatic heterocycles. The van der Waals surface area contributed by atoms with Crippen molar-refractivity contribution in [3.05, 3.63) is 22.8 Å². The zero-order chi connectivity index (χ0) is 12.5. The molecule has 1 aliphatic rings. The second kappa shape index (κ2) is 4.83. The first-order valence-corrected chi connectivity index (χ1v) is 6.41. The lowest BCUT2D eigenvalue weighted by Crippen LogP contribution is -2.37. The van der Waals surface area contributed by atoms with E-state index in [2.05, 4.69) is 23.7 Å².